The molecule has 0 spiro atoms. The Labute approximate surface area is 155 Å². The molecule has 0 aliphatic heterocycles. The number of benzene rings is 1. The third-order valence-electron chi connectivity index (χ3n) is 3.82. The number of nitrogens with one attached hydrogen (secondary N) is 1. The van der Waals surface area contributed by atoms with Gasteiger partial charge in [0, 0.05) is 46.8 Å². The third kappa shape index (κ3) is 4.33. The minimum Gasteiger partial charge on any atom is -0.466 e. The molecule has 2 aromatic heterocycles. The lowest BCUT2D eigenvalue weighted by molar-refractivity contribution is -0.142. The number of ether oxygens (including phenoxy) is 2. The molecule has 0 amide bonds. The molecule has 0 aliphatic rings. The lowest BCUT2D eigenvalue weighted by Gasteiger charge is -2.06. The van der Waals surface area contributed by atoms with Crippen molar-refractivity contribution < 1.29 is 18.7 Å². The van der Waals surface area contributed by atoms with E-state index in [1.54, 1.807) is 43.6 Å². The average Bonchev–Trinajstić information content (AvgIpc) is 3.05. The molecule has 0 saturated carbocycles. The number of pyridine rings is 1. The summed E-state index contributed by atoms with van der Waals surface area (Å²) in [4.78, 5) is 15.9. The van der Waals surface area contributed by atoms with Crippen LogP contribution in [0.3, 0.4) is 0 Å². The molecule has 0 aliphatic carbocycles. The number of nitrogens with zero attached hydrogens (tertiary/aromatic N) is 1. The number of esters is 1. The number of hydrogen-bond acceptors (Lipinski definition) is 7. The van der Waals surface area contributed by atoms with Gasteiger partial charge in [-0.15, -0.1) is 0 Å². The van der Waals surface area contributed by atoms with Crippen molar-refractivity contribution in [1.82, 2.24) is 4.98 Å². The van der Waals surface area contributed by atoms with Gasteiger partial charge >= 0.3 is 5.97 Å². The van der Waals surface area contributed by atoms with Gasteiger partial charge in [-0.1, -0.05) is 0 Å². The van der Waals surface area contributed by atoms with Crippen molar-refractivity contribution in [3.63, 3.8) is 0 Å². The number of allylic oxidation sites excluding steroid dienone is 1. The van der Waals surface area contributed by atoms with Gasteiger partial charge in [0.15, 0.2) is 0 Å². The molecule has 0 fully saturated rings. The summed E-state index contributed by atoms with van der Waals surface area (Å²) in [6.45, 7) is 2.12. The second-order valence-corrected chi connectivity index (χ2v) is 5.68. The molecular weight excluding hydrogens is 346 g/mol. The van der Waals surface area contributed by atoms with E-state index in [9.17, 15) is 4.79 Å². The summed E-state index contributed by atoms with van der Waals surface area (Å²) >= 11 is 0. The summed E-state index contributed by atoms with van der Waals surface area (Å²) in [6.07, 6.45) is 5.89. The fourth-order valence-corrected chi connectivity index (χ4v) is 2.55. The smallest absolute Gasteiger partial charge is 0.310 e. The molecule has 7 nitrogen and oxygen atoms in total. The van der Waals surface area contributed by atoms with Crippen LogP contribution in [0.1, 0.15) is 18.1 Å². The molecule has 3 N–H and O–H groups in total. The highest BCUT2D eigenvalue weighted by atomic mass is 16.5. The first kappa shape index (κ1) is 18.2. The van der Waals surface area contributed by atoms with Crippen LogP contribution in [0.2, 0.25) is 0 Å². The Kier molecular flexibility index (Phi) is 5.51. The zero-order valence-corrected chi connectivity index (χ0v) is 14.8. The van der Waals surface area contributed by atoms with E-state index >= 15 is 0 Å². The van der Waals surface area contributed by atoms with Gasteiger partial charge in [0.2, 0.25) is 5.88 Å². The maximum atomic E-state index is 11.7. The second-order valence-electron chi connectivity index (χ2n) is 5.68. The standard InChI is InChI=1S/C20H19N3O4/c1-2-25-20(24)9-14-12-26-18-10-15(4-5-16(14)18)27-19-6-3-13(11-23-19)17(22)7-8-21/h3-8,10-12,21H,2,9,22H2,1H3/b17-7-,21-8?. The Bertz CT molecular complexity index is 990. The van der Waals surface area contributed by atoms with Gasteiger partial charge in [-0.05, 0) is 31.2 Å². The van der Waals surface area contributed by atoms with Crippen molar-refractivity contribution in [3.05, 3.63) is 60.0 Å². The number of carbonyl (C=O) groups is 1. The lowest BCUT2D eigenvalue weighted by Crippen LogP contribution is -2.06. The van der Waals surface area contributed by atoms with E-state index in [4.69, 9.17) is 25.0 Å². The zero-order chi connectivity index (χ0) is 19.2. The molecular formula is C20H19N3O4. The molecule has 0 atom stereocenters. The molecule has 0 bridgehead atoms. The Morgan fingerprint density at radius 1 is 1.33 bits per heavy atom. The number of rotatable bonds is 7. The Hall–Kier alpha value is -3.61. The van der Waals surface area contributed by atoms with Crippen LogP contribution in [0.5, 0.6) is 11.6 Å². The SMILES string of the molecule is CCOC(=O)Cc1coc2cc(Oc3ccc(/C(N)=C/C=N)cn3)ccc12. The number of carbonyl (C=O) groups excluding carboxylic acids is 1. The third-order valence-corrected chi connectivity index (χ3v) is 3.82. The molecule has 7 heteroatoms. The van der Waals surface area contributed by atoms with Crippen LogP contribution < -0.4 is 10.5 Å². The Morgan fingerprint density at radius 3 is 2.89 bits per heavy atom. The normalized spacial score (nSPS) is 11.4. The highest BCUT2D eigenvalue weighted by Gasteiger charge is 2.12. The number of hydrogen-bond donors (Lipinski definition) is 2. The van der Waals surface area contributed by atoms with Crippen molar-refractivity contribution in [1.29, 1.82) is 5.41 Å². The van der Waals surface area contributed by atoms with Crippen LogP contribution in [0.4, 0.5) is 0 Å². The molecule has 138 valence electrons. The summed E-state index contributed by atoms with van der Waals surface area (Å²) in [6, 6.07) is 8.81. The zero-order valence-electron chi connectivity index (χ0n) is 14.8. The minimum absolute atomic E-state index is 0.161. The van der Waals surface area contributed by atoms with Crippen LogP contribution in [0.25, 0.3) is 16.7 Å². The van der Waals surface area contributed by atoms with Crippen LogP contribution in [-0.2, 0) is 16.0 Å². The monoisotopic (exact) mass is 365 g/mol. The molecule has 27 heavy (non-hydrogen) atoms. The molecule has 0 unspecified atom stereocenters. The maximum Gasteiger partial charge on any atom is 0.310 e. The fourth-order valence-electron chi connectivity index (χ4n) is 2.55. The van der Waals surface area contributed by atoms with Crippen molar-refractivity contribution >= 4 is 28.9 Å². The van der Waals surface area contributed by atoms with E-state index in [1.165, 1.54) is 6.08 Å². The van der Waals surface area contributed by atoms with Gasteiger partial charge in [0.25, 0.3) is 0 Å². The molecule has 0 saturated heterocycles. The van der Waals surface area contributed by atoms with Crippen molar-refractivity contribution in [2.75, 3.05) is 6.61 Å². The predicted octanol–water partition coefficient (Wildman–Crippen LogP) is 3.67. The molecule has 2 heterocycles. The van der Waals surface area contributed by atoms with E-state index < -0.39 is 0 Å². The van der Waals surface area contributed by atoms with Gasteiger partial charge in [-0.2, -0.15) is 0 Å². The second kappa shape index (κ2) is 8.18. The lowest BCUT2D eigenvalue weighted by atomic mass is 10.1. The summed E-state index contributed by atoms with van der Waals surface area (Å²) in [7, 11) is 0. The maximum absolute atomic E-state index is 11.7. The minimum atomic E-state index is -0.291. The van der Waals surface area contributed by atoms with Crippen LogP contribution >= 0.6 is 0 Å². The quantitative estimate of drug-likeness (QED) is 0.488. The van der Waals surface area contributed by atoms with Crippen LogP contribution in [0.15, 0.2) is 53.3 Å². The van der Waals surface area contributed by atoms with E-state index in [1.807, 2.05) is 6.07 Å². The average molecular weight is 365 g/mol. The highest BCUT2D eigenvalue weighted by molar-refractivity contribution is 5.86. The topological polar surface area (TPSA) is 111 Å². The first-order valence-corrected chi connectivity index (χ1v) is 8.37. The van der Waals surface area contributed by atoms with Crippen molar-refractivity contribution in [3.8, 4) is 11.6 Å². The van der Waals surface area contributed by atoms with Crippen molar-refractivity contribution in [2.24, 2.45) is 5.73 Å². The van der Waals surface area contributed by atoms with Gasteiger partial charge in [0.1, 0.15) is 11.3 Å². The van der Waals surface area contributed by atoms with Gasteiger partial charge in [-0.25, -0.2) is 4.98 Å². The summed E-state index contributed by atoms with van der Waals surface area (Å²) in [5.41, 5.74) is 8.35. The van der Waals surface area contributed by atoms with Gasteiger partial charge in [0.05, 0.1) is 19.3 Å². The number of aromatic nitrogens is 1. The summed E-state index contributed by atoms with van der Waals surface area (Å²) in [5.74, 6) is 0.669. The number of furan rings is 1. The molecule has 0 radical (unpaired) electrons. The summed E-state index contributed by atoms with van der Waals surface area (Å²) in [5, 5.41) is 7.87. The van der Waals surface area contributed by atoms with Crippen LogP contribution in [0, 0.1) is 5.41 Å². The Morgan fingerprint density at radius 2 is 2.19 bits per heavy atom. The van der Waals surface area contributed by atoms with E-state index in [0.717, 1.165) is 17.2 Å². The Balaban J connectivity index is 1.75. The number of fused-ring (bicyclic) bond motifs is 1. The fraction of sp³-hybridized carbons (Fsp3) is 0.150. The number of nitrogens with two attached hydrogens (primary N) is 1. The molecule has 3 aromatic rings. The van der Waals surface area contributed by atoms with Gasteiger partial charge < -0.3 is 25.0 Å². The first-order chi connectivity index (χ1) is 13.1. The molecule has 3 rings (SSSR count). The van der Waals surface area contributed by atoms with Crippen LogP contribution in [-0.4, -0.2) is 23.8 Å². The van der Waals surface area contributed by atoms with E-state index in [2.05, 4.69) is 4.98 Å². The predicted molar refractivity (Wildman–Crippen MR) is 102 cm³/mol. The van der Waals surface area contributed by atoms with E-state index in [0.29, 0.717) is 35.1 Å². The summed E-state index contributed by atoms with van der Waals surface area (Å²) < 4.78 is 16.2. The largest absolute Gasteiger partial charge is 0.466 e. The molecule has 1 aromatic carbocycles. The van der Waals surface area contributed by atoms with Gasteiger partial charge in [-0.3, -0.25) is 4.79 Å². The van der Waals surface area contributed by atoms with Crippen molar-refractivity contribution in [2.45, 2.75) is 13.3 Å². The first-order valence-electron chi connectivity index (χ1n) is 8.37. The highest BCUT2D eigenvalue weighted by Crippen LogP contribution is 2.28. The van der Waals surface area contributed by atoms with E-state index in [-0.39, 0.29) is 12.4 Å².